The highest BCUT2D eigenvalue weighted by atomic mass is 35.5. The Hall–Kier alpha value is -3.62. The SMILES string of the molecule is Cc1[nH]cc[n+]1Cc1cc(C=NC2CCCCC2N=Cc2cc(C[n+]3cc[nH]c3C)cc(C(C)(C)C)c2O)c(O)c(C(C)(C)C)c1.[Cl-].[Cl-]. The Kier molecular flexibility index (Phi) is 12.7. The second kappa shape index (κ2) is 15.7. The lowest BCUT2D eigenvalue weighted by Gasteiger charge is -2.26. The number of phenols is 2. The summed E-state index contributed by atoms with van der Waals surface area (Å²) in [7, 11) is 0. The van der Waals surface area contributed by atoms with Gasteiger partial charge in [0, 0.05) is 48.5 Å². The van der Waals surface area contributed by atoms with Crippen molar-refractivity contribution in [3.05, 3.63) is 94.1 Å². The fourth-order valence-corrected chi connectivity index (χ4v) is 6.37. The maximum Gasteiger partial charge on any atom is 0.251 e. The number of aromatic amines is 2. The van der Waals surface area contributed by atoms with Gasteiger partial charge < -0.3 is 35.0 Å². The highest BCUT2D eigenvalue weighted by Crippen LogP contribution is 2.36. The van der Waals surface area contributed by atoms with Crippen LogP contribution >= 0.6 is 0 Å². The summed E-state index contributed by atoms with van der Waals surface area (Å²) in [6.07, 6.45) is 15.7. The normalized spacial score (nSPS) is 17.1. The molecule has 0 amide bonds. The average molecular weight is 696 g/mol. The zero-order valence-corrected chi connectivity index (χ0v) is 31.1. The van der Waals surface area contributed by atoms with Gasteiger partial charge >= 0.3 is 0 Å². The first-order valence-corrected chi connectivity index (χ1v) is 16.6. The van der Waals surface area contributed by atoms with Gasteiger partial charge in [-0.15, -0.1) is 0 Å². The summed E-state index contributed by atoms with van der Waals surface area (Å²) in [4.78, 5) is 16.6. The molecule has 5 rings (SSSR count). The molecule has 0 spiro atoms. The topological polar surface area (TPSA) is 105 Å². The van der Waals surface area contributed by atoms with E-state index in [4.69, 9.17) is 9.98 Å². The average Bonchev–Trinajstić information content (AvgIpc) is 3.58. The molecule has 2 aromatic carbocycles. The molecule has 4 N–H and O–H groups in total. The minimum absolute atomic E-state index is 0. The number of hydrogen-bond acceptors (Lipinski definition) is 4. The van der Waals surface area contributed by atoms with Gasteiger partial charge in [0.1, 0.15) is 49.4 Å². The Morgan fingerprint density at radius 2 is 1.06 bits per heavy atom. The standard InChI is InChI=1S/C38H50N6O2.2ClH/c1-25-39-13-15-43(25)23-27-17-29(35(45)31(19-27)37(3,4)5)21-41-33-11-9-10-12-34(33)42-22-30-18-28(24-44-16-14-40-26(44)2)20-32(36(30)46)38(6,7)8;;/h13-22,33-34H,9-12,23-24H2,1-8H3,(H2,41,42,45,46);2*1H. The molecule has 48 heavy (non-hydrogen) atoms. The van der Waals surface area contributed by atoms with Crippen molar-refractivity contribution in [2.24, 2.45) is 9.98 Å². The van der Waals surface area contributed by atoms with Crippen LogP contribution in [0, 0.1) is 13.8 Å². The molecule has 4 aromatic rings. The van der Waals surface area contributed by atoms with Crippen molar-refractivity contribution in [3.63, 3.8) is 0 Å². The Morgan fingerprint density at radius 3 is 1.38 bits per heavy atom. The van der Waals surface area contributed by atoms with Crippen LogP contribution in [0.3, 0.4) is 0 Å². The van der Waals surface area contributed by atoms with E-state index in [-0.39, 0.29) is 47.7 Å². The molecular formula is C38H52Cl2N6O2. The Morgan fingerprint density at radius 1 is 0.688 bits per heavy atom. The van der Waals surface area contributed by atoms with Gasteiger partial charge in [-0.3, -0.25) is 9.98 Å². The van der Waals surface area contributed by atoms with Crippen molar-refractivity contribution in [2.45, 2.75) is 117 Å². The molecule has 1 saturated carbocycles. The molecule has 2 atom stereocenters. The lowest BCUT2D eigenvalue weighted by molar-refractivity contribution is -0.693. The van der Waals surface area contributed by atoms with Crippen molar-refractivity contribution in [1.29, 1.82) is 0 Å². The monoisotopic (exact) mass is 694 g/mol. The second-order valence-corrected chi connectivity index (χ2v) is 15.0. The Balaban J connectivity index is 0.00000312. The molecule has 2 heterocycles. The minimum Gasteiger partial charge on any atom is -1.00 e. The first kappa shape index (κ1) is 38.8. The van der Waals surface area contributed by atoms with Gasteiger partial charge in [-0.2, -0.15) is 0 Å². The number of aliphatic imine (C=N–C) groups is 2. The predicted octanol–water partition coefficient (Wildman–Crippen LogP) is 0.495. The fourth-order valence-electron chi connectivity index (χ4n) is 6.37. The molecule has 2 unspecified atom stereocenters. The van der Waals surface area contributed by atoms with E-state index in [2.05, 4.69) is 98.8 Å². The number of benzene rings is 2. The van der Waals surface area contributed by atoms with Gasteiger partial charge in [-0.05, 0) is 59.1 Å². The van der Waals surface area contributed by atoms with Crippen LogP contribution in [0.2, 0.25) is 0 Å². The summed E-state index contributed by atoms with van der Waals surface area (Å²) in [6, 6.07) is 8.33. The number of aryl methyl sites for hydroxylation is 2. The molecule has 0 aliphatic heterocycles. The number of halogens is 2. The molecule has 0 bridgehead atoms. The number of imidazole rings is 2. The molecule has 0 saturated heterocycles. The van der Waals surface area contributed by atoms with Gasteiger partial charge in [0.25, 0.3) is 11.6 Å². The van der Waals surface area contributed by atoms with E-state index in [0.717, 1.165) is 70.7 Å². The van der Waals surface area contributed by atoms with Crippen LogP contribution in [0.1, 0.15) is 112 Å². The predicted molar refractivity (Wildman–Crippen MR) is 184 cm³/mol. The Bertz CT molecular complexity index is 1610. The van der Waals surface area contributed by atoms with Crippen LogP contribution < -0.4 is 33.9 Å². The van der Waals surface area contributed by atoms with Gasteiger partial charge in [0.15, 0.2) is 0 Å². The van der Waals surface area contributed by atoms with Crippen molar-refractivity contribution in [1.82, 2.24) is 9.97 Å². The summed E-state index contributed by atoms with van der Waals surface area (Å²) in [5, 5.41) is 22.7. The number of aromatic nitrogens is 4. The highest BCUT2D eigenvalue weighted by molar-refractivity contribution is 5.86. The fraction of sp³-hybridized carbons (Fsp3) is 0.474. The lowest BCUT2D eigenvalue weighted by Crippen LogP contribution is -3.00. The van der Waals surface area contributed by atoms with Crippen LogP contribution in [-0.4, -0.2) is 44.7 Å². The zero-order valence-electron chi connectivity index (χ0n) is 29.6. The molecule has 10 heteroatoms. The van der Waals surface area contributed by atoms with E-state index in [1.54, 1.807) is 0 Å². The molecule has 260 valence electrons. The van der Waals surface area contributed by atoms with E-state index < -0.39 is 0 Å². The second-order valence-electron chi connectivity index (χ2n) is 15.0. The molecular weight excluding hydrogens is 643 g/mol. The van der Waals surface area contributed by atoms with Crippen LogP contribution in [0.4, 0.5) is 0 Å². The van der Waals surface area contributed by atoms with E-state index in [1.165, 1.54) is 0 Å². The summed E-state index contributed by atoms with van der Waals surface area (Å²) >= 11 is 0. The van der Waals surface area contributed by atoms with Crippen molar-refractivity contribution >= 4 is 12.4 Å². The first-order chi connectivity index (χ1) is 21.7. The molecule has 0 radical (unpaired) electrons. The highest BCUT2D eigenvalue weighted by Gasteiger charge is 2.26. The zero-order chi connectivity index (χ0) is 33.2. The van der Waals surface area contributed by atoms with Crippen molar-refractivity contribution in [2.75, 3.05) is 0 Å². The smallest absolute Gasteiger partial charge is 0.251 e. The number of phenolic OH excluding ortho intramolecular Hbond substituents is 2. The summed E-state index contributed by atoms with van der Waals surface area (Å²) in [5.41, 5.74) is 5.09. The molecule has 8 nitrogen and oxygen atoms in total. The molecule has 2 aromatic heterocycles. The molecule has 1 aliphatic carbocycles. The van der Waals surface area contributed by atoms with Crippen molar-refractivity contribution in [3.8, 4) is 11.5 Å². The number of H-pyrrole nitrogens is 2. The number of rotatable bonds is 8. The quantitative estimate of drug-likeness (QED) is 0.159. The molecule has 1 fully saturated rings. The van der Waals surface area contributed by atoms with E-state index in [9.17, 15) is 10.2 Å². The maximum absolute atomic E-state index is 11.4. The third kappa shape index (κ3) is 9.08. The van der Waals surface area contributed by atoms with Gasteiger partial charge in [-0.1, -0.05) is 54.4 Å². The van der Waals surface area contributed by atoms with E-state index in [0.29, 0.717) is 24.6 Å². The number of aromatic hydroxyl groups is 2. The maximum atomic E-state index is 11.4. The van der Waals surface area contributed by atoms with Crippen LogP contribution in [-0.2, 0) is 23.9 Å². The third-order valence-corrected chi connectivity index (χ3v) is 9.18. The van der Waals surface area contributed by atoms with E-state index >= 15 is 0 Å². The first-order valence-electron chi connectivity index (χ1n) is 16.6. The lowest BCUT2D eigenvalue weighted by atomic mass is 9.84. The summed E-state index contributed by atoms with van der Waals surface area (Å²) < 4.78 is 4.33. The number of nitrogens with zero attached hydrogens (tertiary/aromatic N) is 4. The van der Waals surface area contributed by atoms with E-state index in [1.807, 2.05) is 37.2 Å². The van der Waals surface area contributed by atoms with Gasteiger partial charge in [0.05, 0.1) is 12.1 Å². The minimum atomic E-state index is -0.223. The van der Waals surface area contributed by atoms with Crippen LogP contribution in [0.15, 0.2) is 59.0 Å². The summed E-state index contributed by atoms with van der Waals surface area (Å²) in [6.45, 7) is 18.3. The number of nitrogens with one attached hydrogen (secondary N) is 2. The van der Waals surface area contributed by atoms with Crippen molar-refractivity contribution < 1.29 is 44.2 Å². The van der Waals surface area contributed by atoms with Gasteiger partial charge in [-0.25, -0.2) is 19.1 Å². The Labute approximate surface area is 298 Å². The summed E-state index contributed by atoms with van der Waals surface area (Å²) in [5.74, 6) is 2.73. The largest absolute Gasteiger partial charge is 1.00 e. The van der Waals surface area contributed by atoms with Gasteiger partial charge in [0.2, 0.25) is 0 Å². The third-order valence-electron chi connectivity index (χ3n) is 9.18. The van der Waals surface area contributed by atoms with Crippen LogP contribution in [0.25, 0.3) is 0 Å². The molecule has 1 aliphatic rings. The van der Waals surface area contributed by atoms with Crippen LogP contribution in [0.5, 0.6) is 11.5 Å². The number of hydrogen-bond donors (Lipinski definition) is 4.